The number of nitrogens with one attached hydrogen (secondary N) is 1. The molecule has 1 N–H and O–H groups in total. The Kier molecular flexibility index (Phi) is 9.62. The molecule has 8 heteroatoms. The molecule has 0 spiro atoms. The van der Waals surface area contributed by atoms with Crippen molar-refractivity contribution < 1.29 is 18.0 Å². The highest BCUT2D eigenvalue weighted by Crippen LogP contribution is 2.60. The normalized spacial score (nSPS) is 25.2. The van der Waals surface area contributed by atoms with E-state index in [0.29, 0.717) is 12.1 Å². The van der Waals surface area contributed by atoms with Gasteiger partial charge in [0.15, 0.2) is 0 Å². The largest absolute Gasteiger partial charge is 0.352 e. The van der Waals surface area contributed by atoms with E-state index < -0.39 is 22.0 Å². The molecule has 1 atom stereocenters. The van der Waals surface area contributed by atoms with Crippen LogP contribution in [0.4, 0.5) is 5.69 Å². The van der Waals surface area contributed by atoms with E-state index in [1.54, 1.807) is 4.90 Å². The van der Waals surface area contributed by atoms with Crippen molar-refractivity contribution in [2.24, 2.45) is 17.8 Å². The van der Waals surface area contributed by atoms with Crippen molar-refractivity contribution in [3.05, 3.63) is 101 Å². The average Bonchev–Trinajstić information content (AvgIpc) is 3.58. The molecular formula is C41H51N3O4S. The van der Waals surface area contributed by atoms with Gasteiger partial charge in [-0.15, -0.1) is 0 Å². The van der Waals surface area contributed by atoms with E-state index >= 15 is 0 Å². The lowest BCUT2D eigenvalue weighted by Crippen LogP contribution is -2.54. The summed E-state index contributed by atoms with van der Waals surface area (Å²) in [6, 6.07) is 25.0. The van der Waals surface area contributed by atoms with Gasteiger partial charge in [0.05, 0.1) is 11.9 Å². The smallest absolute Gasteiger partial charge is 0.244 e. The number of hydrogen-bond acceptors (Lipinski definition) is 4. The quantitative estimate of drug-likeness (QED) is 0.225. The summed E-state index contributed by atoms with van der Waals surface area (Å²) < 4.78 is 28.0. The highest BCUT2D eigenvalue weighted by Gasteiger charge is 2.51. The summed E-state index contributed by atoms with van der Waals surface area (Å²) in [5.74, 6) is 1.83. The van der Waals surface area contributed by atoms with Gasteiger partial charge in [-0.25, -0.2) is 8.42 Å². The Labute approximate surface area is 292 Å². The third-order valence-corrected chi connectivity index (χ3v) is 13.1. The van der Waals surface area contributed by atoms with Gasteiger partial charge in [-0.05, 0) is 110 Å². The highest BCUT2D eigenvalue weighted by molar-refractivity contribution is 7.92. The van der Waals surface area contributed by atoms with Crippen LogP contribution in [0.1, 0.15) is 86.5 Å². The fourth-order valence-corrected chi connectivity index (χ4v) is 10.7. The molecule has 0 radical (unpaired) electrons. The molecule has 8 rings (SSSR count). The highest BCUT2D eigenvalue weighted by atomic mass is 32.2. The molecule has 5 fully saturated rings. The van der Waals surface area contributed by atoms with Crippen LogP contribution < -0.4 is 9.62 Å². The van der Waals surface area contributed by atoms with Gasteiger partial charge in [0.25, 0.3) is 0 Å². The summed E-state index contributed by atoms with van der Waals surface area (Å²) in [5.41, 5.74) is 4.91. The number of carbonyl (C=O) groups is 2. The van der Waals surface area contributed by atoms with Gasteiger partial charge in [-0.3, -0.25) is 13.9 Å². The van der Waals surface area contributed by atoms with Crippen LogP contribution in [-0.4, -0.2) is 50.0 Å². The standard InChI is InChI=1S/C41H51N3O4S/c1-29-12-14-31(15-13-29)27-43(38(23-30-8-4-3-5-9-30)40(46)42-36-10-6-7-11-36)39(45)28-44(49(2,47)48)37-18-16-35(17-19-37)41-24-32-20-33(25-41)22-34(21-32)26-41/h3-5,8-9,12-19,32-34,36,38H,6-7,10-11,20-28H2,1-2H3,(H,42,46)/t32?,33?,34?,38-,41?/m0/s1. The lowest BCUT2D eigenvalue weighted by Gasteiger charge is -2.57. The van der Waals surface area contributed by atoms with Crippen LogP contribution in [0, 0.1) is 24.7 Å². The molecule has 4 bridgehead atoms. The molecule has 0 heterocycles. The Morgan fingerprint density at radius 1 is 0.816 bits per heavy atom. The molecule has 0 aromatic heterocycles. The maximum atomic E-state index is 14.6. The van der Waals surface area contributed by atoms with E-state index in [0.717, 1.165) is 66.4 Å². The topological polar surface area (TPSA) is 86.8 Å². The van der Waals surface area contributed by atoms with Crippen LogP contribution in [0.3, 0.4) is 0 Å². The van der Waals surface area contributed by atoms with Gasteiger partial charge in [0, 0.05) is 19.0 Å². The Hall–Kier alpha value is -3.65. The van der Waals surface area contributed by atoms with Gasteiger partial charge >= 0.3 is 0 Å². The first kappa shape index (κ1) is 33.8. The zero-order valence-corrected chi connectivity index (χ0v) is 29.8. The minimum atomic E-state index is -3.82. The van der Waals surface area contributed by atoms with Crippen LogP contribution in [0.5, 0.6) is 0 Å². The number of anilines is 1. The minimum Gasteiger partial charge on any atom is -0.352 e. The molecular weight excluding hydrogens is 631 g/mol. The number of benzene rings is 3. The van der Waals surface area contributed by atoms with E-state index in [-0.39, 0.29) is 30.5 Å². The van der Waals surface area contributed by atoms with Gasteiger partial charge in [0.1, 0.15) is 12.6 Å². The number of sulfonamides is 1. The summed E-state index contributed by atoms with van der Waals surface area (Å²) in [7, 11) is -3.82. The van der Waals surface area contributed by atoms with Gasteiger partial charge in [0.2, 0.25) is 21.8 Å². The van der Waals surface area contributed by atoms with Gasteiger partial charge in [-0.2, -0.15) is 0 Å². The molecule has 5 aliphatic rings. The molecule has 5 saturated carbocycles. The predicted molar refractivity (Wildman–Crippen MR) is 195 cm³/mol. The first-order valence-electron chi connectivity index (χ1n) is 18.3. The van der Waals surface area contributed by atoms with Crippen LogP contribution in [0.15, 0.2) is 78.9 Å². The van der Waals surface area contributed by atoms with Crippen LogP contribution in [-0.2, 0) is 38.0 Å². The monoisotopic (exact) mass is 681 g/mol. The lowest BCUT2D eigenvalue weighted by atomic mass is 9.48. The van der Waals surface area contributed by atoms with Crippen molar-refractivity contribution >= 4 is 27.5 Å². The van der Waals surface area contributed by atoms with Crippen molar-refractivity contribution in [3.63, 3.8) is 0 Å². The first-order chi connectivity index (χ1) is 23.5. The van der Waals surface area contributed by atoms with Gasteiger partial charge < -0.3 is 10.2 Å². The molecule has 2 amide bonds. The first-order valence-corrected chi connectivity index (χ1v) is 20.2. The van der Waals surface area contributed by atoms with Crippen molar-refractivity contribution in [1.82, 2.24) is 10.2 Å². The molecule has 0 saturated heterocycles. The summed E-state index contributed by atoms with van der Waals surface area (Å²) in [5, 5.41) is 3.24. The summed E-state index contributed by atoms with van der Waals surface area (Å²) in [4.78, 5) is 30.3. The van der Waals surface area contributed by atoms with E-state index in [1.165, 1.54) is 48.4 Å². The molecule has 260 valence electrons. The van der Waals surface area contributed by atoms with E-state index in [9.17, 15) is 18.0 Å². The van der Waals surface area contributed by atoms with Crippen LogP contribution >= 0.6 is 0 Å². The second-order valence-electron chi connectivity index (χ2n) is 15.7. The molecule has 3 aromatic carbocycles. The Morgan fingerprint density at radius 2 is 1.41 bits per heavy atom. The predicted octanol–water partition coefficient (Wildman–Crippen LogP) is 6.93. The third-order valence-electron chi connectivity index (χ3n) is 11.9. The van der Waals surface area contributed by atoms with E-state index in [4.69, 9.17) is 0 Å². The van der Waals surface area contributed by atoms with Crippen LogP contribution in [0.2, 0.25) is 0 Å². The van der Waals surface area contributed by atoms with Crippen molar-refractivity contribution in [3.8, 4) is 0 Å². The zero-order chi connectivity index (χ0) is 34.2. The van der Waals surface area contributed by atoms with Gasteiger partial charge in [-0.1, -0.05) is 85.1 Å². The van der Waals surface area contributed by atoms with Crippen LogP contribution in [0.25, 0.3) is 0 Å². The summed E-state index contributed by atoms with van der Waals surface area (Å²) >= 11 is 0. The van der Waals surface area contributed by atoms with E-state index in [2.05, 4.69) is 17.4 Å². The maximum Gasteiger partial charge on any atom is 0.244 e. The number of rotatable bonds is 12. The molecule has 5 aliphatic carbocycles. The fraction of sp³-hybridized carbons (Fsp3) is 0.512. The summed E-state index contributed by atoms with van der Waals surface area (Å²) in [6.45, 7) is 1.82. The molecule has 3 aromatic rings. The third kappa shape index (κ3) is 7.59. The Balaban J connectivity index is 1.18. The number of nitrogens with zero attached hydrogens (tertiary/aromatic N) is 2. The molecule has 0 unspecified atom stereocenters. The molecule has 7 nitrogen and oxygen atoms in total. The zero-order valence-electron chi connectivity index (χ0n) is 29.0. The van der Waals surface area contributed by atoms with Crippen molar-refractivity contribution in [1.29, 1.82) is 0 Å². The number of amides is 2. The second-order valence-corrected chi connectivity index (χ2v) is 17.6. The minimum absolute atomic E-state index is 0.0853. The number of hydrogen-bond donors (Lipinski definition) is 1. The number of carbonyl (C=O) groups excluding carboxylic acids is 2. The lowest BCUT2D eigenvalue weighted by molar-refractivity contribution is -0.140. The maximum absolute atomic E-state index is 14.6. The summed E-state index contributed by atoms with van der Waals surface area (Å²) in [6.07, 6.45) is 13.3. The fourth-order valence-electron chi connectivity index (χ4n) is 9.87. The Morgan fingerprint density at radius 3 is 1.98 bits per heavy atom. The van der Waals surface area contributed by atoms with Crippen molar-refractivity contribution in [2.75, 3.05) is 17.1 Å². The number of aryl methyl sites for hydroxylation is 1. The van der Waals surface area contributed by atoms with Crippen molar-refractivity contribution in [2.45, 2.75) is 102 Å². The molecule has 0 aliphatic heterocycles. The SMILES string of the molecule is Cc1ccc(CN(C(=O)CN(c2ccc(C34CC5CC(CC(C5)C3)C4)cc2)S(C)(=O)=O)[C@@H](Cc2ccccc2)C(=O)NC2CCCC2)cc1. The average molecular weight is 682 g/mol. The molecule has 49 heavy (non-hydrogen) atoms. The second kappa shape index (κ2) is 13.9. The Bertz CT molecular complexity index is 1700. The van der Waals surface area contributed by atoms with E-state index in [1.807, 2.05) is 73.7 Å².